The summed E-state index contributed by atoms with van der Waals surface area (Å²) in [5.74, 6) is -1.33. The summed E-state index contributed by atoms with van der Waals surface area (Å²) in [4.78, 5) is 35.8. The fourth-order valence-electron chi connectivity index (χ4n) is 1.89. The van der Waals surface area contributed by atoms with Crippen LogP contribution in [0.3, 0.4) is 0 Å². The molecule has 0 spiro atoms. The summed E-state index contributed by atoms with van der Waals surface area (Å²) in [5, 5.41) is 2.35. The van der Waals surface area contributed by atoms with Gasteiger partial charge in [0.05, 0.1) is 13.0 Å². The minimum Gasteiger partial charge on any atom is -0.464 e. The zero-order valence-corrected chi connectivity index (χ0v) is 15.0. The number of carbonyl (C=O) groups excluding carboxylic acids is 3. The third kappa shape index (κ3) is 8.74. The van der Waals surface area contributed by atoms with E-state index in [-0.39, 0.29) is 19.6 Å². The zero-order chi connectivity index (χ0) is 18.9. The van der Waals surface area contributed by atoms with Crippen LogP contribution in [0, 0.1) is 0 Å². The van der Waals surface area contributed by atoms with Crippen molar-refractivity contribution in [3.05, 3.63) is 35.9 Å². The largest absolute Gasteiger partial charge is 0.464 e. The van der Waals surface area contributed by atoms with Gasteiger partial charge in [0.15, 0.2) is 0 Å². The zero-order valence-electron chi connectivity index (χ0n) is 15.0. The van der Waals surface area contributed by atoms with Crippen molar-refractivity contribution in [1.29, 1.82) is 0 Å². The highest BCUT2D eigenvalue weighted by atomic mass is 16.6. The number of benzene rings is 1. The van der Waals surface area contributed by atoms with Crippen molar-refractivity contribution in [1.82, 2.24) is 5.32 Å². The minimum absolute atomic E-state index is 0.0503. The molecule has 1 amide bonds. The second kappa shape index (κ2) is 9.66. The number of alkyl carbamates (subject to hydrolysis) is 1. The van der Waals surface area contributed by atoms with Gasteiger partial charge in [0.2, 0.25) is 0 Å². The third-order valence-electron chi connectivity index (χ3n) is 2.87. The molecule has 25 heavy (non-hydrogen) atoms. The molecule has 1 rings (SSSR count). The van der Waals surface area contributed by atoms with Crippen molar-refractivity contribution in [3.63, 3.8) is 0 Å². The van der Waals surface area contributed by atoms with Gasteiger partial charge in [0, 0.05) is 0 Å². The van der Waals surface area contributed by atoms with Crippen molar-refractivity contribution in [3.8, 4) is 0 Å². The van der Waals surface area contributed by atoms with Gasteiger partial charge in [0.25, 0.3) is 0 Å². The summed E-state index contributed by atoms with van der Waals surface area (Å²) >= 11 is 0. The second-order valence-corrected chi connectivity index (χ2v) is 6.30. The van der Waals surface area contributed by atoms with Crippen LogP contribution in [0.2, 0.25) is 0 Å². The van der Waals surface area contributed by atoms with Crippen LogP contribution in [0.5, 0.6) is 0 Å². The minimum atomic E-state index is -1.17. The maximum atomic E-state index is 12.0. The van der Waals surface area contributed by atoms with Crippen LogP contribution in [0.4, 0.5) is 4.79 Å². The lowest BCUT2D eigenvalue weighted by molar-refractivity contribution is -0.159. The first-order chi connectivity index (χ1) is 11.7. The first-order valence-corrected chi connectivity index (χ1v) is 8.07. The van der Waals surface area contributed by atoms with Crippen LogP contribution in [-0.2, 0) is 30.4 Å². The molecule has 7 heteroatoms. The Morgan fingerprint density at radius 1 is 1.08 bits per heavy atom. The molecule has 1 aromatic carbocycles. The molecular formula is C18H25NO6. The molecule has 0 saturated carbocycles. The average molecular weight is 351 g/mol. The van der Waals surface area contributed by atoms with Gasteiger partial charge in [-0.15, -0.1) is 0 Å². The Kier molecular flexibility index (Phi) is 7.91. The van der Waals surface area contributed by atoms with Crippen LogP contribution in [0.15, 0.2) is 30.3 Å². The van der Waals surface area contributed by atoms with Gasteiger partial charge < -0.3 is 19.5 Å². The Morgan fingerprint density at radius 3 is 2.28 bits per heavy atom. The average Bonchev–Trinajstić information content (AvgIpc) is 2.51. The lowest BCUT2D eigenvalue weighted by Gasteiger charge is -2.22. The maximum absolute atomic E-state index is 12.0. The second-order valence-electron chi connectivity index (χ2n) is 6.30. The number of esters is 2. The van der Waals surface area contributed by atoms with Crippen molar-refractivity contribution >= 4 is 18.0 Å². The van der Waals surface area contributed by atoms with Gasteiger partial charge in [0.1, 0.15) is 18.2 Å². The molecule has 7 nitrogen and oxygen atoms in total. The lowest BCUT2D eigenvalue weighted by Crippen LogP contribution is -2.44. The Bertz CT molecular complexity index is 579. The summed E-state index contributed by atoms with van der Waals surface area (Å²) in [6.07, 6.45) is -1.15. The van der Waals surface area contributed by atoms with Crippen LogP contribution in [0.25, 0.3) is 0 Å². The van der Waals surface area contributed by atoms with E-state index < -0.39 is 29.7 Å². The predicted molar refractivity (Wildman–Crippen MR) is 90.6 cm³/mol. The topological polar surface area (TPSA) is 90.9 Å². The van der Waals surface area contributed by atoms with E-state index in [0.29, 0.717) is 0 Å². The molecule has 0 heterocycles. The Morgan fingerprint density at radius 2 is 1.72 bits per heavy atom. The van der Waals surface area contributed by atoms with Crippen LogP contribution in [0.1, 0.15) is 39.7 Å². The van der Waals surface area contributed by atoms with Gasteiger partial charge in [-0.05, 0) is 33.3 Å². The molecule has 0 aliphatic heterocycles. The first-order valence-electron chi connectivity index (χ1n) is 8.07. The van der Waals surface area contributed by atoms with E-state index in [9.17, 15) is 14.4 Å². The molecule has 0 aromatic heterocycles. The fraction of sp³-hybridized carbons (Fsp3) is 0.500. The molecule has 0 aliphatic rings. The summed E-state index contributed by atoms with van der Waals surface area (Å²) in [6.45, 7) is 6.96. The molecule has 0 aliphatic carbocycles. The van der Waals surface area contributed by atoms with E-state index in [0.717, 1.165) is 5.56 Å². The lowest BCUT2D eigenvalue weighted by atomic mass is 10.1. The Hall–Kier alpha value is -2.57. The number of ether oxygens (including phenoxy) is 3. The van der Waals surface area contributed by atoms with Gasteiger partial charge in [-0.1, -0.05) is 30.3 Å². The Balaban J connectivity index is 2.61. The van der Waals surface area contributed by atoms with Crippen molar-refractivity contribution < 1.29 is 28.6 Å². The van der Waals surface area contributed by atoms with Crippen LogP contribution in [-0.4, -0.2) is 36.3 Å². The third-order valence-corrected chi connectivity index (χ3v) is 2.87. The molecular weight excluding hydrogens is 326 g/mol. The molecule has 0 radical (unpaired) electrons. The van der Waals surface area contributed by atoms with Crippen molar-refractivity contribution in [2.75, 3.05) is 6.61 Å². The van der Waals surface area contributed by atoms with E-state index >= 15 is 0 Å². The summed E-state index contributed by atoms with van der Waals surface area (Å²) in [7, 11) is 0. The summed E-state index contributed by atoms with van der Waals surface area (Å²) in [5.41, 5.74) is 0.113. The molecule has 0 unspecified atom stereocenters. The van der Waals surface area contributed by atoms with E-state index in [2.05, 4.69) is 5.32 Å². The maximum Gasteiger partial charge on any atom is 0.408 e. The van der Waals surface area contributed by atoms with Crippen molar-refractivity contribution in [2.45, 2.75) is 52.4 Å². The number of hydrogen-bond acceptors (Lipinski definition) is 6. The molecule has 1 atom stereocenters. The molecule has 0 bridgehead atoms. The number of rotatable bonds is 7. The smallest absolute Gasteiger partial charge is 0.408 e. The number of amides is 1. The van der Waals surface area contributed by atoms with E-state index in [1.54, 1.807) is 39.8 Å². The van der Waals surface area contributed by atoms with Crippen LogP contribution < -0.4 is 5.32 Å². The highest BCUT2D eigenvalue weighted by molar-refractivity contribution is 5.86. The quantitative estimate of drug-likeness (QED) is 0.600. The normalized spacial score (nSPS) is 12.0. The van der Waals surface area contributed by atoms with E-state index in [1.165, 1.54) is 0 Å². The van der Waals surface area contributed by atoms with Gasteiger partial charge in [-0.25, -0.2) is 9.59 Å². The number of carbonyl (C=O) groups is 3. The summed E-state index contributed by atoms with van der Waals surface area (Å²) in [6, 6.07) is 7.92. The monoisotopic (exact) mass is 351 g/mol. The van der Waals surface area contributed by atoms with Gasteiger partial charge >= 0.3 is 18.0 Å². The highest BCUT2D eigenvalue weighted by Crippen LogP contribution is 2.10. The molecule has 1 aromatic rings. The first kappa shape index (κ1) is 20.5. The fourth-order valence-corrected chi connectivity index (χ4v) is 1.89. The number of hydrogen-bond donors (Lipinski definition) is 1. The van der Waals surface area contributed by atoms with Gasteiger partial charge in [-0.3, -0.25) is 4.79 Å². The van der Waals surface area contributed by atoms with E-state index in [4.69, 9.17) is 14.2 Å². The number of nitrogens with one attached hydrogen (secondary N) is 1. The summed E-state index contributed by atoms with van der Waals surface area (Å²) < 4.78 is 15.1. The standard InChI is InChI=1S/C18H25NO6/c1-5-23-16(21)14(11-15(20)25-18(2,3)4)19-17(22)24-12-13-9-7-6-8-10-13/h6-10,14H,5,11-12H2,1-4H3,(H,19,22)/t14-/m0/s1. The van der Waals surface area contributed by atoms with Crippen molar-refractivity contribution in [2.24, 2.45) is 0 Å². The molecule has 0 saturated heterocycles. The molecule has 0 fully saturated rings. The van der Waals surface area contributed by atoms with E-state index in [1.807, 2.05) is 18.2 Å². The van der Waals surface area contributed by atoms with Gasteiger partial charge in [-0.2, -0.15) is 0 Å². The highest BCUT2D eigenvalue weighted by Gasteiger charge is 2.28. The Labute approximate surface area is 147 Å². The molecule has 1 N–H and O–H groups in total. The SMILES string of the molecule is CCOC(=O)[C@H](CC(=O)OC(C)(C)C)NC(=O)OCc1ccccc1. The molecule has 138 valence electrons. The predicted octanol–water partition coefficient (Wildman–Crippen LogP) is 2.58. The van der Waals surface area contributed by atoms with Crippen LogP contribution >= 0.6 is 0 Å².